The predicted octanol–water partition coefficient (Wildman–Crippen LogP) is 3.82. The maximum atomic E-state index is 13.6. The molecule has 1 aromatic carbocycles. The summed E-state index contributed by atoms with van der Waals surface area (Å²) in [6.07, 6.45) is 3.51. The monoisotopic (exact) mass is 510 g/mol. The average molecular weight is 511 g/mol. The van der Waals surface area contributed by atoms with Crippen LogP contribution in [0.2, 0.25) is 0 Å². The van der Waals surface area contributed by atoms with Crippen molar-refractivity contribution in [1.82, 2.24) is 4.57 Å². The molecule has 0 N–H and O–H groups in total. The Morgan fingerprint density at radius 1 is 1.20 bits per heavy atom. The second kappa shape index (κ2) is 10.9. The molecular weight excluding hydrogens is 484 g/mol. The zero-order valence-electron chi connectivity index (χ0n) is 19.8. The molecule has 0 radical (unpaired) electrons. The number of nitrogens with zero attached hydrogens (tertiary/aromatic N) is 2. The molecule has 0 amide bonds. The maximum absolute atomic E-state index is 13.6. The van der Waals surface area contributed by atoms with Gasteiger partial charge in [0.2, 0.25) is 0 Å². The van der Waals surface area contributed by atoms with Crippen molar-refractivity contribution in [2.45, 2.75) is 26.8 Å². The molecule has 7 nitrogen and oxygen atoms in total. The Morgan fingerprint density at radius 3 is 2.71 bits per heavy atom. The lowest BCUT2D eigenvalue weighted by atomic mass is 9.95. The van der Waals surface area contributed by atoms with Crippen molar-refractivity contribution >= 4 is 34.7 Å². The number of thiophene rings is 1. The van der Waals surface area contributed by atoms with Crippen molar-refractivity contribution in [1.29, 1.82) is 0 Å². The molecule has 182 valence electrons. The molecule has 2 aromatic heterocycles. The van der Waals surface area contributed by atoms with Crippen molar-refractivity contribution in [3.63, 3.8) is 0 Å². The van der Waals surface area contributed by atoms with E-state index in [2.05, 4.69) is 11.6 Å². The highest BCUT2D eigenvalue weighted by atomic mass is 32.1. The molecule has 0 fully saturated rings. The van der Waals surface area contributed by atoms with Crippen molar-refractivity contribution in [2.75, 3.05) is 19.8 Å². The number of carbonyl (C=O) groups excluding carboxylic acids is 1. The number of carbonyl (C=O) groups is 1. The summed E-state index contributed by atoms with van der Waals surface area (Å²) in [6.45, 7) is 10.0. The smallest absolute Gasteiger partial charge is 0.338 e. The lowest BCUT2D eigenvalue weighted by molar-refractivity contribution is -0.139. The van der Waals surface area contributed by atoms with E-state index in [1.807, 2.05) is 36.6 Å². The van der Waals surface area contributed by atoms with Crippen LogP contribution in [0.15, 0.2) is 69.4 Å². The second-order valence-corrected chi connectivity index (χ2v) is 9.54. The summed E-state index contributed by atoms with van der Waals surface area (Å²) in [5, 5.41) is 1.96. The van der Waals surface area contributed by atoms with Gasteiger partial charge in [0, 0.05) is 4.88 Å². The molecule has 3 heterocycles. The zero-order valence-corrected chi connectivity index (χ0v) is 21.4. The average Bonchev–Trinajstić information content (AvgIpc) is 3.45. The van der Waals surface area contributed by atoms with E-state index in [-0.39, 0.29) is 12.2 Å². The van der Waals surface area contributed by atoms with Gasteiger partial charge >= 0.3 is 5.97 Å². The molecule has 1 aliphatic rings. The number of fused-ring (bicyclic) bond motifs is 1. The van der Waals surface area contributed by atoms with Gasteiger partial charge < -0.3 is 14.2 Å². The summed E-state index contributed by atoms with van der Waals surface area (Å²) < 4.78 is 19.0. The summed E-state index contributed by atoms with van der Waals surface area (Å²) in [7, 11) is 0. The highest BCUT2D eigenvalue weighted by Crippen LogP contribution is 2.36. The number of thiazole rings is 1. The molecule has 1 atom stereocenters. The van der Waals surface area contributed by atoms with Gasteiger partial charge in [-0.1, -0.05) is 36.1 Å². The number of rotatable bonds is 9. The zero-order chi connectivity index (χ0) is 24.9. The topological polar surface area (TPSA) is 79.1 Å². The first-order chi connectivity index (χ1) is 17.0. The van der Waals surface area contributed by atoms with E-state index in [9.17, 15) is 9.59 Å². The van der Waals surface area contributed by atoms with Gasteiger partial charge in [-0.3, -0.25) is 9.36 Å². The van der Waals surface area contributed by atoms with Crippen LogP contribution >= 0.6 is 22.7 Å². The Balaban J connectivity index is 1.93. The quantitative estimate of drug-likeness (QED) is 0.323. The minimum absolute atomic E-state index is 0.212. The molecule has 0 spiro atoms. The molecule has 0 saturated heterocycles. The Hall–Kier alpha value is -3.43. The number of benzene rings is 1. The molecule has 9 heteroatoms. The molecular formula is C26H26N2O5S2. The summed E-state index contributed by atoms with van der Waals surface area (Å²) in [5.74, 6) is 0.570. The number of ether oxygens (including phenoxy) is 3. The SMILES string of the molecule is C=CCOc1ccc(C2C(C(=O)OCC)=C(C)N=c3s/c(=C/c4cccs4)c(=O)n32)cc1OCC. The lowest BCUT2D eigenvalue weighted by Gasteiger charge is -2.25. The number of hydrogen-bond donors (Lipinski definition) is 0. The maximum Gasteiger partial charge on any atom is 0.338 e. The molecule has 1 unspecified atom stereocenters. The van der Waals surface area contributed by atoms with Crippen molar-refractivity contribution in [3.05, 3.63) is 89.8 Å². The van der Waals surface area contributed by atoms with Gasteiger partial charge in [0.15, 0.2) is 16.3 Å². The first kappa shape index (κ1) is 24.7. The molecule has 0 saturated carbocycles. The Labute approximate surface area is 210 Å². The fraction of sp³-hybridized carbons (Fsp3) is 0.269. The van der Waals surface area contributed by atoms with Crippen LogP contribution in [0.25, 0.3) is 6.08 Å². The minimum Gasteiger partial charge on any atom is -0.490 e. The van der Waals surface area contributed by atoms with Crippen molar-refractivity contribution in [2.24, 2.45) is 4.99 Å². The highest BCUT2D eigenvalue weighted by molar-refractivity contribution is 7.11. The van der Waals surface area contributed by atoms with Gasteiger partial charge in [-0.15, -0.1) is 11.3 Å². The number of aromatic nitrogens is 1. The second-order valence-electron chi connectivity index (χ2n) is 7.56. The molecule has 1 aliphatic heterocycles. The van der Waals surface area contributed by atoms with E-state index in [1.165, 1.54) is 11.3 Å². The van der Waals surface area contributed by atoms with Gasteiger partial charge in [0.25, 0.3) is 5.56 Å². The van der Waals surface area contributed by atoms with Crippen LogP contribution in [0.3, 0.4) is 0 Å². The van der Waals surface area contributed by atoms with E-state index >= 15 is 0 Å². The molecule has 0 bridgehead atoms. The van der Waals surface area contributed by atoms with E-state index in [1.54, 1.807) is 48.0 Å². The summed E-state index contributed by atoms with van der Waals surface area (Å²) in [4.78, 5) is 32.8. The lowest BCUT2D eigenvalue weighted by Crippen LogP contribution is -2.39. The van der Waals surface area contributed by atoms with Gasteiger partial charge in [0.05, 0.1) is 35.1 Å². The molecule has 3 aromatic rings. The van der Waals surface area contributed by atoms with E-state index < -0.39 is 12.0 Å². The first-order valence-electron chi connectivity index (χ1n) is 11.2. The predicted molar refractivity (Wildman–Crippen MR) is 138 cm³/mol. The van der Waals surface area contributed by atoms with Crippen LogP contribution in [0.4, 0.5) is 0 Å². The van der Waals surface area contributed by atoms with Crippen LogP contribution in [-0.2, 0) is 9.53 Å². The van der Waals surface area contributed by atoms with Crippen molar-refractivity contribution in [3.8, 4) is 11.5 Å². The third-order valence-electron chi connectivity index (χ3n) is 5.27. The third-order valence-corrected chi connectivity index (χ3v) is 7.08. The minimum atomic E-state index is -0.719. The number of esters is 1. The fourth-order valence-electron chi connectivity index (χ4n) is 3.84. The van der Waals surface area contributed by atoms with Crippen LogP contribution < -0.4 is 24.4 Å². The third kappa shape index (κ3) is 5.01. The summed E-state index contributed by atoms with van der Waals surface area (Å²) in [5.41, 5.74) is 1.32. The molecule has 35 heavy (non-hydrogen) atoms. The van der Waals surface area contributed by atoms with Gasteiger partial charge in [0.1, 0.15) is 6.61 Å². The summed E-state index contributed by atoms with van der Waals surface area (Å²) in [6, 6.07) is 8.59. The summed E-state index contributed by atoms with van der Waals surface area (Å²) >= 11 is 2.85. The standard InChI is InChI=1S/C26H26N2O5S2/c1-5-12-33-19-11-10-17(14-20(19)31-6-2)23-22(25(30)32-7-3)16(4)27-26-28(23)24(29)21(35-26)15-18-9-8-13-34-18/h5,8-11,13-15,23H,1,6-7,12H2,2-4H3/b21-15+. The van der Waals surface area contributed by atoms with Crippen LogP contribution in [-0.4, -0.2) is 30.4 Å². The van der Waals surface area contributed by atoms with E-state index in [4.69, 9.17) is 14.2 Å². The van der Waals surface area contributed by atoms with E-state index in [0.717, 1.165) is 4.88 Å². The number of hydrogen-bond acceptors (Lipinski definition) is 8. The highest BCUT2D eigenvalue weighted by Gasteiger charge is 2.34. The molecule has 0 aliphatic carbocycles. The first-order valence-corrected chi connectivity index (χ1v) is 12.9. The normalized spacial score (nSPS) is 15.4. The van der Waals surface area contributed by atoms with Crippen molar-refractivity contribution < 1.29 is 19.0 Å². The fourth-order valence-corrected chi connectivity index (χ4v) is 5.61. The van der Waals surface area contributed by atoms with E-state index in [0.29, 0.717) is 50.9 Å². The Morgan fingerprint density at radius 2 is 2.03 bits per heavy atom. The van der Waals surface area contributed by atoms with Crippen LogP contribution in [0.5, 0.6) is 11.5 Å². The van der Waals surface area contributed by atoms with Crippen LogP contribution in [0, 0.1) is 0 Å². The Bertz CT molecular complexity index is 1450. The Kier molecular flexibility index (Phi) is 7.67. The largest absolute Gasteiger partial charge is 0.490 e. The van der Waals surface area contributed by atoms with Gasteiger partial charge in [-0.2, -0.15) is 0 Å². The molecule has 4 rings (SSSR count). The van der Waals surface area contributed by atoms with Crippen LogP contribution in [0.1, 0.15) is 37.3 Å². The van der Waals surface area contributed by atoms with Gasteiger partial charge in [-0.05, 0) is 56.0 Å². The van der Waals surface area contributed by atoms with Gasteiger partial charge in [-0.25, -0.2) is 9.79 Å². The number of allylic oxidation sites excluding steroid dienone is 1.